The van der Waals surface area contributed by atoms with E-state index in [9.17, 15) is 0 Å². The number of hydrogen-bond donors (Lipinski definition) is 0. The second-order valence-electron chi connectivity index (χ2n) is 14.5. The minimum Gasteiger partial charge on any atom is -0.0683 e. The smallest absolute Gasteiger partial charge is 0.0178 e. The number of benzene rings is 10. The molecule has 0 amide bonds. The second-order valence-corrected chi connectivity index (χ2v) is 14.5. The largest absolute Gasteiger partial charge is 0.0683 e. The fourth-order valence-corrected chi connectivity index (χ4v) is 7.23. The summed E-state index contributed by atoms with van der Waals surface area (Å²) >= 11 is 0. The highest BCUT2D eigenvalue weighted by molar-refractivity contribution is 5.75. The molecule has 0 aliphatic rings. The van der Waals surface area contributed by atoms with E-state index in [2.05, 4.69) is 243 Å². The Balaban J connectivity index is 0.000000155. The lowest BCUT2D eigenvalue weighted by Gasteiger charge is -2.07. The van der Waals surface area contributed by atoms with Crippen molar-refractivity contribution in [2.24, 2.45) is 0 Å². The van der Waals surface area contributed by atoms with Crippen molar-refractivity contribution < 1.29 is 0 Å². The highest BCUT2D eigenvalue weighted by Gasteiger charge is 2.03. The molecular formula is C64H58. The van der Waals surface area contributed by atoms with Gasteiger partial charge in [-0.2, -0.15) is 0 Å². The monoisotopic (exact) mass is 826 g/mol. The zero-order valence-corrected chi connectivity index (χ0v) is 37.6. The molecular weight excluding hydrogens is 769 g/mol. The molecule has 0 aliphatic carbocycles. The molecule has 10 aromatic carbocycles. The molecule has 0 heterocycles. The Bertz CT molecular complexity index is 2570. The van der Waals surface area contributed by atoms with E-state index in [0.29, 0.717) is 0 Å². The first-order chi connectivity index (χ1) is 31.8. The molecule has 0 aliphatic heterocycles. The quantitative estimate of drug-likeness (QED) is 0.150. The molecule has 314 valence electrons. The zero-order chi connectivity index (χ0) is 44.6. The molecule has 0 saturated heterocycles. The van der Waals surface area contributed by atoms with Crippen LogP contribution in [0.4, 0.5) is 0 Å². The first kappa shape index (κ1) is 45.7. The summed E-state index contributed by atoms with van der Waals surface area (Å²) in [6, 6.07) is 97.8. The van der Waals surface area contributed by atoms with Crippen LogP contribution < -0.4 is 0 Å². The van der Waals surface area contributed by atoms with Gasteiger partial charge in [-0.1, -0.05) is 301 Å². The van der Waals surface area contributed by atoms with E-state index in [1.165, 1.54) is 77.9 Å². The molecule has 0 saturated carbocycles. The molecule has 0 radical (unpaired) electrons. The summed E-state index contributed by atoms with van der Waals surface area (Å²) < 4.78 is 0. The highest BCUT2D eigenvalue weighted by atomic mass is 14.1. The van der Waals surface area contributed by atoms with Crippen LogP contribution in [0.15, 0.2) is 279 Å². The summed E-state index contributed by atoms with van der Waals surface area (Å²) in [5.74, 6) is 0. The van der Waals surface area contributed by atoms with Crippen LogP contribution in [-0.2, 0) is 0 Å². The summed E-state index contributed by atoms with van der Waals surface area (Å²) in [6.45, 7) is 8.00. The average Bonchev–Trinajstić information content (AvgIpc) is 3.42. The maximum Gasteiger partial charge on any atom is -0.0178 e. The summed E-state index contributed by atoms with van der Waals surface area (Å²) in [5, 5.41) is 0. The van der Waals surface area contributed by atoms with Crippen molar-refractivity contribution in [2.45, 2.75) is 27.7 Å². The molecule has 64 heavy (non-hydrogen) atoms. The molecule has 0 spiro atoms. The van der Waals surface area contributed by atoms with Crippen molar-refractivity contribution in [1.29, 1.82) is 0 Å². The van der Waals surface area contributed by atoms with Gasteiger partial charge in [-0.25, -0.2) is 0 Å². The molecule has 10 aromatic rings. The van der Waals surface area contributed by atoms with Crippen molar-refractivity contribution >= 4 is 0 Å². The minimum absolute atomic E-state index is 1.24. The van der Waals surface area contributed by atoms with Crippen molar-refractivity contribution in [3.05, 3.63) is 279 Å². The van der Waals surface area contributed by atoms with Gasteiger partial charge in [0.05, 0.1) is 0 Å². The van der Waals surface area contributed by atoms with Crippen LogP contribution in [0.5, 0.6) is 0 Å². The minimum atomic E-state index is 1.24. The molecule has 10 rings (SSSR count). The van der Waals surface area contributed by atoms with Gasteiger partial charge in [0.2, 0.25) is 0 Å². The van der Waals surface area contributed by atoms with Crippen LogP contribution in [0, 0.1) is 0 Å². The van der Waals surface area contributed by atoms with Crippen LogP contribution in [0.1, 0.15) is 27.7 Å². The fourth-order valence-electron chi connectivity index (χ4n) is 7.23. The molecule has 0 N–H and O–H groups in total. The van der Waals surface area contributed by atoms with E-state index >= 15 is 0 Å². The van der Waals surface area contributed by atoms with Crippen LogP contribution in [0.2, 0.25) is 0 Å². The Kier molecular flexibility index (Phi) is 18.0. The van der Waals surface area contributed by atoms with E-state index in [1.807, 2.05) is 64.1 Å². The Hall–Kier alpha value is -7.80. The Morgan fingerprint density at radius 2 is 0.250 bits per heavy atom. The second kappa shape index (κ2) is 25.2. The van der Waals surface area contributed by atoms with Gasteiger partial charge in [0, 0.05) is 0 Å². The van der Waals surface area contributed by atoms with Gasteiger partial charge in [-0.05, 0) is 84.0 Å². The van der Waals surface area contributed by atoms with Crippen LogP contribution in [0.3, 0.4) is 0 Å². The third-order valence-electron chi connectivity index (χ3n) is 10.5. The van der Waals surface area contributed by atoms with Crippen molar-refractivity contribution in [3.63, 3.8) is 0 Å². The summed E-state index contributed by atoms with van der Waals surface area (Å²) in [5.41, 5.74) is 17.6. The maximum absolute atomic E-state index is 2.24. The summed E-state index contributed by atoms with van der Waals surface area (Å²) in [6.07, 6.45) is 0. The highest BCUT2D eigenvalue weighted by Crippen LogP contribution is 2.29. The average molecular weight is 827 g/mol. The number of rotatable bonds is 7. The topological polar surface area (TPSA) is 0 Å². The Morgan fingerprint density at radius 1 is 0.125 bits per heavy atom. The van der Waals surface area contributed by atoms with E-state index in [1.54, 1.807) is 0 Å². The predicted molar refractivity (Wildman–Crippen MR) is 280 cm³/mol. The molecule has 0 unspecified atom stereocenters. The lowest BCUT2D eigenvalue weighted by molar-refractivity contribution is 1.50. The molecule has 0 fully saturated rings. The van der Waals surface area contributed by atoms with Gasteiger partial charge in [-0.15, -0.1) is 0 Å². The van der Waals surface area contributed by atoms with E-state index in [4.69, 9.17) is 0 Å². The first-order valence-corrected chi connectivity index (χ1v) is 22.5. The number of hydrogen-bond acceptors (Lipinski definition) is 0. The molecule has 0 nitrogen and oxygen atoms in total. The zero-order valence-electron chi connectivity index (χ0n) is 37.6. The van der Waals surface area contributed by atoms with Gasteiger partial charge < -0.3 is 0 Å². The van der Waals surface area contributed by atoms with Gasteiger partial charge in [0.15, 0.2) is 0 Å². The summed E-state index contributed by atoms with van der Waals surface area (Å²) in [7, 11) is 0. The van der Waals surface area contributed by atoms with E-state index in [-0.39, 0.29) is 0 Å². The Morgan fingerprint density at radius 3 is 0.422 bits per heavy atom. The lowest BCUT2D eigenvalue weighted by Crippen LogP contribution is -1.81. The molecule has 0 heteroatoms. The van der Waals surface area contributed by atoms with Crippen molar-refractivity contribution in [3.8, 4) is 77.9 Å². The van der Waals surface area contributed by atoms with E-state index < -0.39 is 0 Å². The van der Waals surface area contributed by atoms with E-state index in [0.717, 1.165) is 0 Å². The third kappa shape index (κ3) is 13.1. The van der Waals surface area contributed by atoms with Gasteiger partial charge >= 0.3 is 0 Å². The maximum atomic E-state index is 2.24. The SMILES string of the molecule is CC.CC.c1ccc(-c2ccc(-c3ccc(-c4ccccc4)cc3)cc2)cc1.c1ccc(-c2ccc(-c3ccccc3)cc2)cc1.c1ccc(-c2cccc(-c3ccccc3)c2)cc1. The molecule has 0 aromatic heterocycles. The van der Waals surface area contributed by atoms with Gasteiger partial charge in [-0.3, -0.25) is 0 Å². The van der Waals surface area contributed by atoms with Crippen LogP contribution in [0.25, 0.3) is 77.9 Å². The van der Waals surface area contributed by atoms with Gasteiger partial charge in [0.25, 0.3) is 0 Å². The van der Waals surface area contributed by atoms with Crippen molar-refractivity contribution in [1.82, 2.24) is 0 Å². The molecule has 0 atom stereocenters. The lowest BCUT2D eigenvalue weighted by atomic mass is 9.98. The molecule has 0 bridgehead atoms. The summed E-state index contributed by atoms with van der Waals surface area (Å²) in [4.78, 5) is 0. The first-order valence-electron chi connectivity index (χ1n) is 22.5. The standard InChI is InChI=1S/C24H18.2C18H14.2C2H6/c1-3-7-19(8-4-1)21-11-15-23(16-12-21)24-17-13-22(14-18-24)20-9-5-2-6-10-20;1-3-8-15(9-4-1)17-12-7-13-18(14-17)16-10-5-2-6-11-16;1-3-7-15(8-4-1)17-11-13-18(14-12-17)16-9-5-2-6-10-16;2*1-2/h1-18H;2*1-14H;2*1-2H3. The third-order valence-corrected chi connectivity index (χ3v) is 10.5. The Labute approximate surface area is 382 Å². The van der Waals surface area contributed by atoms with Crippen LogP contribution in [-0.4, -0.2) is 0 Å². The fraction of sp³-hybridized carbons (Fsp3) is 0.0625. The van der Waals surface area contributed by atoms with Crippen LogP contribution >= 0.6 is 0 Å². The normalized spacial score (nSPS) is 9.88. The van der Waals surface area contributed by atoms with Gasteiger partial charge in [0.1, 0.15) is 0 Å². The van der Waals surface area contributed by atoms with Crippen molar-refractivity contribution in [2.75, 3.05) is 0 Å². The predicted octanol–water partition coefficient (Wildman–Crippen LogP) is 18.8.